The number of aliphatic hydroxyl groups is 1. The van der Waals surface area contributed by atoms with Crippen molar-refractivity contribution in [3.63, 3.8) is 0 Å². The van der Waals surface area contributed by atoms with Crippen molar-refractivity contribution >= 4 is 22.6 Å². The molecule has 0 fully saturated rings. The summed E-state index contributed by atoms with van der Waals surface area (Å²) < 4.78 is 14.9. The number of carbonyl (C=O) groups is 1. The van der Waals surface area contributed by atoms with Crippen LogP contribution in [-0.4, -0.2) is 50.4 Å². The molecule has 162 valence electrons. The Morgan fingerprint density at radius 1 is 1.35 bits per heavy atom. The Morgan fingerprint density at radius 2 is 2.13 bits per heavy atom. The van der Waals surface area contributed by atoms with E-state index in [2.05, 4.69) is 26.7 Å². The van der Waals surface area contributed by atoms with Crippen LogP contribution in [0.4, 0.5) is 10.1 Å². The zero-order valence-corrected chi connectivity index (χ0v) is 17.7. The molecular weight excluding hydrogens is 399 g/mol. The summed E-state index contributed by atoms with van der Waals surface area (Å²) in [6.45, 7) is 4.69. The molecule has 1 amide bonds. The van der Waals surface area contributed by atoms with Gasteiger partial charge in [-0.25, -0.2) is 14.4 Å². The molecule has 31 heavy (non-hydrogen) atoms. The molecule has 9 heteroatoms. The first kappa shape index (κ1) is 22.2. The highest BCUT2D eigenvalue weighted by atomic mass is 19.1. The summed E-state index contributed by atoms with van der Waals surface area (Å²) in [5, 5.41) is 25.4. The van der Waals surface area contributed by atoms with Gasteiger partial charge >= 0.3 is 0 Å². The largest absolute Gasteiger partial charge is 0.390 e. The number of hydrogen-bond donors (Lipinski definition) is 3. The summed E-state index contributed by atoms with van der Waals surface area (Å²) >= 11 is 0. The number of rotatable bonds is 8. The van der Waals surface area contributed by atoms with Gasteiger partial charge in [0.15, 0.2) is 0 Å². The number of amides is 1. The third kappa shape index (κ3) is 5.35. The van der Waals surface area contributed by atoms with Crippen LogP contribution < -0.4 is 10.6 Å². The number of anilines is 1. The molecule has 0 unspecified atom stereocenters. The highest BCUT2D eigenvalue weighted by Crippen LogP contribution is 2.23. The standard InChI is InChI=1S/C22H25FN6O2/c1-14(10-23)28-18-9-19(26-13-17(18)21(30)25-6-5-22(2,3)31)29-7-4-16-8-15(11-24)12-27-20(16)29/h4,7-9,12-14,31H,5-6,10H2,1-3H3,(H,25,30)(H,26,28)/t14-/m0/s1. The van der Waals surface area contributed by atoms with E-state index in [4.69, 9.17) is 5.26 Å². The fourth-order valence-corrected chi connectivity index (χ4v) is 3.03. The van der Waals surface area contributed by atoms with Crippen molar-refractivity contribution in [1.29, 1.82) is 5.26 Å². The third-order valence-electron chi connectivity index (χ3n) is 4.69. The Balaban J connectivity index is 1.94. The molecule has 3 heterocycles. The van der Waals surface area contributed by atoms with Gasteiger partial charge in [-0.1, -0.05) is 0 Å². The maximum absolute atomic E-state index is 13.1. The monoisotopic (exact) mass is 424 g/mol. The molecule has 8 nitrogen and oxygen atoms in total. The topological polar surface area (TPSA) is 116 Å². The summed E-state index contributed by atoms with van der Waals surface area (Å²) in [5.41, 5.74) is 0.878. The van der Waals surface area contributed by atoms with Gasteiger partial charge in [0.2, 0.25) is 0 Å². The van der Waals surface area contributed by atoms with E-state index in [1.165, 1.54) is 12.4 Å². The molecule has 0 bridgehead atoms. The van der Waals surface area contributed by atoms with Crippen LogP contribution in [0.5, 0.6) is 0 Å². The van der Waals surface area contributed by atoms with Crippen LogP contribution in [0.1, 0.15) is 43.1 Å². The molecule has 0 radical (unpaired) electrons. The van der Waals surface area contributed by atoms with E-state index in [-0.39, 0.29) is 18.0 Å². The number of carbonyl (C=O) groups excluding carboxylic acids is 1. The molecular formula is C22H25FN6O2. The van der Waals surface area contributed by atoms with Crippen LogP contribution in [0.2, 0.25) is 0 Å². The number of pyridine rings is 2. The summed E-state index contributed by atoms with van der Waals surface area (Å²) in [6, 6.07) is 6.77. The quantitative estimate of drug-likeness (QED) is 0.512. The van der Waals surface area contributed by atoms with Gasteiger partial charge in [0.25, 0.3) is 5.91 Å². The Bertz CT molecular complexity index is 1130. The second-order valence-electron chi connectivity index (χ2n) is 8.04. The van der Waals surface area contributed by atoms with E-state index < -0.39 is 18.3 Å². The highest BCUT2D eigenvalue weighted by molar-refractivity contribution is 5.99. The van der Waals surface area contributed by atoms with Gasteiger partial charge in [0, 0.05) is 36.6 Å². The average molecular weight is 424 g/mol. The molecule has 0 saturated heterocycles. The summed E-state index contributed by atoms with van der Waals surface area (Å²) in [4.78, 5) is 21.4. The number of aromatic nitrogens is 3. The molecule has 0 aliphatic heterocycles. The van der Waals surface area contributed by atoms with Crippen molar-refractivity contribution in [3.05, 3.63) is 47.9 Å². The summed E-state index contributed by atoms with van der Waals surface area (Å²) in [6.07, 6.45) is 5.07. The first-order chi connectivity index (χ1) is 14.7. The minimum Gasteiger partial charge on any atom is -0.390 e. The number of halogens is 1. The fourth-order valence-electron chi connectivity index (χ4n) is 3.03. The molecule has 3 aromatic heterocycles. The first-order valence-corrected chi connectivity index (χ1v) is 9.92. The van der Waals surface area contributed by atoms with Gasteiger partial charge in [-0.15, -0.1) is 0 Å². The zero-order chi connectivity index (χ0) is 22.6. The number of nitrogens with zero attached hydrogens (tertiary/aromatic N) is 4. The van der Waals surface area contributed by atoms with Crippen LogP contribution in [0.15, 0.2) is 36.8 Å². The first-order valence-electron chi connectivity index (χ1n) is 9.92. The summed E-state index contributed by atoms with van der Waals surface area (Å²) in [7, 11) is 0. The number of nitriles is 1. The smallest absolute Gasteiger partial charge is 0.254 e. The van der Waals surface area contributed by atoms with Gasteiger partial charge in [-0.3, -0.25) is 9.36 Å². The maximum atomic E-state index is 13.1. The highest BCUT2D eigenvalue weighted by Gasteiger charge is 2.18. The fraction of sp³-hybridized carbons (Fsp3) is 0.364. The molecule has 0 saturated carbocycles. The molecule has 0 aliphatic rings. The van der Waals surface area contributed by atoms with E-state index in [1.807, 2.05) is 6.07 Å². The van der Waals surface area contributed by atoms with Crippen molar-refractivity contribution in [3.8, 4) is 11.9 Å². The lowest BCUT2D eigenvalue weighted by Gasteiger charge is -2.19. The van der Waals surface area contributed by atoms with Gasteiger partial charge < -0.3 is 15.7 Å². The molecule has 0 spiro atoms. The Morgan fingerprint density at radius 3 is 2.81 bits per heavy atom. The summed E-state index contributed by atoms with van der Waals surface area (Å²) in [5.74, 6) is 0.125. The van der Waals surface area contributed by atoms with Crippen LogP contribution >= 0.6 is 0 Å². The number of fused-ring (bicyclic) bond motifs is 1. The van der Waals surface area contributed by atoms with E-state index in [0.717, 1.165) is 5.39 Å². The van der Waals surface area contributed by atoms with Crippen LogP contribution in [0.3, 0.4) is 0 Å². The average Bonchev–Trinajstić information content (AvgIpc) is 3.15. The Kier molecular flexibility index (Phi) is 6.51. The van der Waals surface area contributed by atoms with Gasteiger partial charge in [0.05, 0.1) is 28.5 Å². The number of hydrogen-bond acceptors (Lipinski definition) is 6. The Hall–Kier alpha value is -3.51. The zero-order valence-electron chi connectivity index (χ0n) is 17.7. The SMILES string of the molecule is C[C@@H](CF)Nc1cc(-n2ccc3cc(C#N)cnc32)ncc1C(=O)NCCC(C)(C)O. The predicted molar refractivity (Wildman–Crippen MR) is 116 cm³/mol. The van der Waals surface area contributed by atoms with Crippen molar-refractivity contribution in [2.45, 2.75) is 38.8 Å². The van der Waals surface area contributed by atoms with E-state index in [9.17, 15) is 14.3 Å². The molecule has 3 N–H and O–H groups in total. The molecule has 0 aromatic carbocycles. The van der Waals surface area contributed by atoms with Crippen molar-refractivity contribution in [2.75, 3.05) is 18.5 Å². The molecule has 3 rings (SSSR count). The van der Waals surface area contributed by atoms with Crippen LogP contribution in [0.25, 0.3) is 16.9 Å². The lowest BCUT2D eigenvalue weighted by Crippen LogP contribution is -2.31. The number of alkyl halides is 1. The van der Waals surface area contributed by atoms with Crippen LogP contribution in [-0.2, 0) is 0 Å². The minimum absolute atomic E-state index is 0.274. The van der Waals surface area contributed by atoms with Crippen molar-refractivity contribution < 1.29 is 14.3 Å². The lowest BCUT2D eigenvalue weighted by molar-refractivity contribution is 0.0693. The van der Waals surface area contributed by atoms with E-state index in [0.29, 0.717) is 29.1 Å². The molecule has 1 atom stereocenters. The van der Waals surface area contributed by atoms with Crippen LogP contribution in [0, 0.1) is 11.3 Å². The molecule has 3 aromatic rings. The van der Waals surface area contributed by atoms with Crippen molar-refractivity contribution in [1.82, 2.24) is 19.9 Å². The molecule has 0 aliphatic carbocycles. The number of nitrogens with one attached hydrogen (secondary N) is 2. The van der Waals surface area contributed by atoms with Crippen molar-refractivity contribution in [2.24, 2.45) is 0 Å². The second-order valence-corrected chi connectivity index (χ2v) is 8.04. The third-order valence-corrected chi connectivity index (χ3v) is 4.69. The normalized spacial score (nSPS) is 12.4. The Labute approximate surface area is 179 Å². The second kappa shape index (κ2) is 9.10. The lowest BCUT2D eigenvalue weighted by atomic mass is 10.1. The van der Waals surface area contributed by atoms with E-state index >= 15 is 0 Å². The van der Waals surface area contributed by atoms with Gasteiger partial charge in [-0.2, -0.15) is 5.26 Å². The minimum atomic E-state index is -0.896. The van der Waals surface area contributed by atoms with Gasteiger partial charge in [-0.05, 0) is 39.3 Å². The van der Waals surface area contributed by atoms with E-state index in [1.54, 1.807) is 43.7 Å². The maximum Gasteiger partial charge on any atom is 0.254 e. The predicted octanol–water partition coefficient (Wildman–Crippen LogP) is 2.95. The van der Waals surface area contributed by atoms with Gasteiger partial charge in [0.1, 0.15) is 24.2 Å².